The number of phenols is 1. The second-order valence-corrected chi connectivity index (χ2v) is 14.9. The molecule has 0 radical (unpaired) electrons. The van der Waals surface area contributed by atoms with Crippen LogP contribution in [0.2, 0.25) is 0 Å². The molecule has 0 saturated carbocycles. The average Bonchev–Trinajstić information content (AvgIpc) is 2.96. The van der Waals surface area contributed by atoms with Gasteiger partial charge in [0.15, 0.2) is 26.2 Å². The van der Waals surface area contributed by atoms with Crippen molar-refractivity contribution in [2.45, 2.75) is 31.6 Å². The first-order valence-electron chi connectivity index (χ1n) is 13.9. The molecular weight excluding hydrogens is 628 g/mol. The minimum atomic E-state index is -4.31. The Labute approximate surface area is 259 Å². The lowest BCUT2D eigenvalue weighted by Crippen LogP contribution is -2.49. The summed E-state index contributed by atoms with van der Waals surface area (Å²) < 4.78 is 84.9. The smallest absolute Gasteiger partial charge is 0.277 e. The van der Waals surface area contributed by atoms with E-state index in [2.05, 4.69) is 16.5 Å². The summed E-state index contributed by atoms with van der Waals surface area (Å²) >= 11 is 0. The van der Waals surface area contributed by atoms with Crippen molar-refractivity contribution in [3.05, 3.63) is 81.8 Å². The van der Waals surface area contributed by atoms with Crippen LogP contribution in [0.15, 0.2) is 58.2 Å². The zero-order chi connectivity index (χ0) is 33.0. The Balaban J connectivity index is 1.95. The van der Waals surface area contributed by atoms with Gasteiger partial charge in [-0.25, -0.2) is 30.6 Å². The fraction of sp³-hybridized carbons (Fsp3) is 0.300. The van der Waals surface area contributed by atoms with Gasteiger partial charge < -0.3 is 10.0 Å². The Kier molecular flexibility index (Phi) is 8.31. The number of benzene rings is 1. The van der Waals surface area contributed by atoms with Crippen molar-refractivity contribution in [2.75, 3.05) is 37.3 Å². The van der Waals surface area contributed by atoms with Gasteiger partial charge in [-0.1, -0.05) is 26.5 Å². The van der Waals surface area contributed by atoms with Crippen molar-refractivity contribution in [3.8, 4) is 22.7 Å². The second-order valence-electron chi connectivity index (χ2n) is 11.0. The summed E-state index contributed by atoms with van der Waals surface area (Å²) in [5.74, 6) is -2.91. The van der Waals surface area contributed by atoms with Gasteiger partial charge in [0.1, 0.15) is 17.3 Å². The van der Waals surface area contributed by atoms with Crippen molar-refractivity contribution in [1.82, 2.24) is 18.8 Å². The van der Waals surface area contributed by atoms with Gasteiger partial charge in [-0.3, -0.25) is 14.3 Å². The first-order chi connectivity index (χ1) is 21.1. The van der Waals surface area contributed by atoms with Crippen LogP contribution in [0.25, 0.3) is 28.0 Å². The monoisotopic (exact) mass is 659 g/mol. The number of aromatic hydroxyl groups is 1. The standard InChI is InChI=1S/C30H31F2N5O6S2/c1-6-45(42,43)36-14-12-35(13-15-36)27-19-16-21(32)25(23-20(31)8-7-9-22(23)38)34-29(19)37(30(39)28(27)44(5,40)41)26-18(4)10-11-33-24(26)17(2)3/h6-11,16-17,38H,1,12-15H2,2-5H3. The quantitative estimate of drug-likeness (QED) is 0.313. The van der Waals surface area contributed by atoms with Gasteiger partial charge in [-0.05, 0) is 42.7 Å². The molecule has 11 nitrogen and oxygen atoms in total. The number of sulfonamides is 1. The van der Waals surface area contributed by atoms with Crippen molar-refractivity contribution in [3.63, 3.8) is 0 Å². The highest BCUT2D eigenvalue weighted by molar-refractivity contribution is 7.92. The highest BCUT2D eigenvalue weighted by atomic mass is 32.2. The van der Waals surface area contributed by atoms with E-state index in [1.807, 2.05) is 13.8 Å². The third-order valence-corrected chi connectivity index (χ3v) is 10.3. The molecule has 238 valence electrons. The molecule has 1 fully saturated rings. The number of nitrogens with zero attached hydrogens (tertiary/aromatic N) is 5. The molecule has 45 heavy (non-hydrogen) atoms. The predicted octanol–water partition coefficient (Wildman–Crippen LogP) is 3.86. The van der Waals surface area contributed by atoms with Crippen molar-refractivity contribution in [2.24, 2.45) is 0 Å². The minimum Gasteiger partial charge on any atom is -0.507 e. The molecule has 0 atom stereocenters. The van der Waals surface area contributed by atoms with Crippen molar-refractivity contribution in [1.29, 1.82) is 0 Å². The van der Waals surface area contributed by atoms with E-state index in [-0.39, 0.29) is 54.5 Å². The number of rotatable bonds is 7. The van der Waals surface area contributed by atoms with E-state index in [1.54, 1.807) is 19.2 Å². The zero-order valence-corrected chi connectivity index (χ0v) is 26.6. The average molecular weight is 660 g/mol. The summed E-state index contributed by atoms with van der Waals surface area (Å²) in [6, 6.07) is 6.00. The molecule has 5 rings (SSSR count). The van der Waals surface area contributed by atoms with E-state index in [4.69, 9.17) is 0 Å². The SMILES string of the molecule is C=CS(=O)(=O)N1CCN(c2c(S(C)(=O)=O)c(=O)n(-c3c(C)ccnc3C(C)C)c3nc(-c4c(O)cccc4F)c(F)cc23)CC1. The van der Waals surface area contributed by atoms with E-state index in [0.29, 0.717) is 11.3 Å². The van der Waals surface area contributed by atoms with Gasteiger partial charge in [0.05, 0.1) is 22.6 Å². The fourth-order valence-corrected chi connectivity index (χ4v) is 7.46. The lowest BCUT2D eigenvalue weighted by Gasteiger charge is -2.36. The third-order valence-electron chi connectivity index (χ3n) is 7.68. The summed E-state index contributed by atoms with van der Waals surface area (Å²) in [6.45, 7) is 8.46. The molecule has 0 spiro atoms. The van der Waals surface area contributed by atoms with Crippen LogP contribution < -0.4 is 10.5 Å². The number of hydrogen-bond acceptors (Lipinski definition) is 9. The molecule has 0 bridgehead atoms. The van der Waals surface area contributed by atoms with E-state index in [1.165, 1.54) is 11.0 Å². The topological polar surface area (TPSA) is 143 Å². The molecule has 0 aliphatic carbocycles. The molecule has 0 unspecified atom stereocenters. The van der Waals surface area contributed by atoms with Crippen LogP contribution in [-0.2, 0) is 19.9 Å². The number of aryl methyl sites for hydroxylation is 1. The molecule has 4 heterocycles. The van der Waals surface area contributed by atoms with Crippen LogP contribution in [0, 0.1) is 18.6 Å². The highest BCUT2D eigenvalue weighted by Gasteiger charge is 2.34. The van der Waals surface area contributed by atoms with Gasteiger partial charge >= 0.3 is 0 Å². The maximum Gasteiger partial charge on any atom is 0.277 e. The van der Waals surface area contributed by atoms with Crippen LogP contribution in [0.3, 0.4) is 0 Å². The summed E-state index contributed by atoms with van der Waals surface area (Å²) in [7, 11) is -8.09. The van der Waals surface area contributed by atoms with E-state index in [0.717, 1.165) is 38.7 Å². The maximum absolute atomic E-state index is 16.0. The number of anilines is 1. The molecule has 1 saturated heterocycles. The fourth-order valence-electron chi connectivity index (χ4n) is 5.58. The minimum absolute atomic E-state index is 0.0468. The third kappa shape index (κ3) is 5.59. The Bertz CT molecular complexity index is 2120. The van der Waals surface area contributed by atoms with Crippen LogP contribution in [-0.4, -0.2) is 73.2 Å². The molecule has 1 aliphatic heterocycles. The highest BCUT2D eigenvalue weighted by Crippen LogP contribution is 2.39. The number of halogens is 2. The largest absolute Gasteiger partial charge is 0.507 e. The van der Waals surface area contributed by atoms with Crippen LogP contribution >= 0.6 is 0 Å². The maximum atomic E-state index is 16.0. The van der Waals surface area contributed by atoms with Crippen molar-refractivity contribution >= 4 is 36.6 Å². The first-order valence-corrected chi connectivity index (χ1v) is 17.3. The number of phenolic OH excluding ortho intramolecular Hbond substituents is 1. The van der Waals surface area contributed by atoms with Gasteiger partial charge in [-0.2, -0.15) is 4.31 Å². The van der Waals surface area contributed by atoms with Gasteiger partial charge in [0, 0.05) is 49.4 Å². The number of fused-ring (bicyclic) bond motifs is 1. The Hall–Kier alpha value is -4.21. The summed E-state index contributed by atoms with van der Waals surface area (Å²) in [5, 5.41) is 11.2. The number of pyridine rings is 3. The van der Waals surface area contributed by atoms with E-state index < -0.39 is 59.0 Å². The zero-order valence-electron chi connectivity index (χ0n) is 25.0. The normalized spacial score (nSPS) is 14.8. The van der Waals surface area contributed by atoms with Crippen LogP contribution in [0.5, 0.6) is 5.75 Å². The molecule has 4 aromatic rings. The lowest BCUT2D eigenvalue weighted by molar-refractivity contribution is 0.389. The van der Waals surface area contributed by atoms with E-state index >= 15 is 8.78 Å². The second kappa shape index (κ2) is 11.6. The first kappa shape index (κ1) is 32.2. The van der Waals surface area contributed by atoms with Crippen molar-refractivity contribution < 1.29 is 30.7 Å². The number of hydrogen-bond donors (Lipinski definition) is 1. The Morgan fingerprint density at radius 3 is 2.27 bits per heavy atom. The molecule has 1 aromatic carbocycles. The molecule has 0 amide bonds. The summed E-state index contributed by atoms with van der Waals surface area (Å²) in [5.41, 5.74) is -1.32. The van der Waals surface area contributed by atoms with Crippen LogP contribution in [0.4, 0.5) is 14.5 Å². The Morgan fingerprint density at radius 1 is 1.02 bits per heavy atom. The summed E-state index contributed by atoms with van der Waals surface area (Å²) in [4.78, 5) is 24.2. The van der Waals surface area contributed by atoms with Gasteiger partial charge in [0.25, 0.3) is 5.56 Å². The lowest BCUT2D eigenvalue weighted by atomic mass is 10.0. The molecule has 1 N–H and O–H groups in total. The molecular formula is C30H31F2N5O6S2. The molecule has 15 heteroatoms. The van der Waals surface area contributed by atoms with Gasteiger partial charge in [0.2, 0.25) is 10.0 Å². The summed E-state index contributed by atoms with van der Waals surface area (Å²) in [6.07, 6.45) is 2.40. The number of aromatic nitrogens is 3. The number of piperazine rings is 1. The predicted molar refractivity (Wildman–Crippen MR) is 167 cm³/mol. The van der Waals surface area contributed by atoms with E-state index in [9.17, 15) is 26.7 Å². The Morgan fingerprint density at radius 2 is 1.69 bits per heavy atom. The number of sulfone groups is 1. The van der Waals surface area contributed by atoms with Gasteiger partial charge in [-0.15, -0.1) is 0 Å². The van der Waals surface area contributed by atoms with Crippen LogP contribution in [0.1, 0.15) is 31.0 Å². The molecule has 3 aromatic heterocycles. The molecule has 1 aliphatic rings.